The molecule has 0 fully saturated rings. The second-order valence-electron chi connectivity index (χ2n) is 5.19. The molecule has 1 amide bonds. The van der Waals surface area contributed by atoms with Crippen molar-refractivity contribution in [3.63, 3.8) is 0 Å². The molecule has 2 rings (SSSR count). The maximum Gasteiger partial charge on any atom is 0.323 e. The maximum absolute atomic E-state index is 12.3. The maximum atomic E-state index is 12.3. The zero-order valence-electron chi connectivity index (χ0n) is 13.5. The molecule has 132 valence electrons. The van der Waals surface area contributed by atoms with Crippen molar-refractivity contribution in [3.8, 4) is 0 Å². The summed E-state index contributed by atoms with van der Waals surface area (Å²) in [5.41, 5.74) is 7.31. The lowest BCUT2D eigenvalue weighted by Crippen LogP contribution is -2.34. The van der Waals surface area contributed by atoms with Crippen LogP contribution >= 0.6 is 23.2 Å². The van der Waals surface area contributed by atoms with Gasteiger partial charge in [0.25, 0.3) is 5.91 Å². The highest BCUT2D eigenvalue weighted by molar-refractivity contribution is 6.39. The van der Waals surface area contributed by atoms with Crippen LogP contribution in [-0.4, -0.2) is 29.5 Å². The fourth-order valence-corrected chi connectivity index (χ4v) is 2.55. The van der Waals surface area contributed by atoms with Gasteiger partial charge in [-0.15, -0.1) is 0 Å². The second kappa shape index (κ2) is 8.80. The first kappa shape index (κ1) is 19.2. The SMILES string of the molecule is CCOC(=O)[C@@H](N)Cc1ccc(C(=O)Nc2c(Cl)cncc2Cl)cc1. The molecule has 1 aromatic carbocycles. The average molecular weight is 382 g/mol. The molecule has 0 radical (unpaired) electrons. The minimum Gasteiger partial charge on any atom is -0.465 e. The summed E-state index contributed by atoms with van der Waals surface area (Å²) in [5, 5.41) is 3.14. The molecule has 0 aliphatic rings. The van der Waals surface area contributed by atoms with Crippen molar-refractivity contribution >= 4 is 40.8 Å². The third-order valence-electron chi connectivity index (χ3n) is 3.35. The molecule has 0 unspecified atom stereocenters. The number of nitrogens with one attached hydrogen (secondary N) is 1. The largest absolute Gasteiger partial charge is 0.465 e. The average Bonchev–Trinajstić information content (AvgIpc) is 2.59. The topological polar surface area (TPSA) is 94.3 Å². The fourth-order valence-electron chi connectivity index (χ4n) is 2.10. The molecular weight excluding hydrogens is 365 g/mol. The zero-order valence-corrected chi connectivity index (χ0v) is 15.0. The second-order valence-corrected chi connectivity index (χ2v) is 6.01. The zero-order chi connectivity index (χ0) is 18.4. The smallest absolute Gasteiger partial charge is 0.323 e. The number of anilines is 1. The summed E-state index contributed by atoms with van der Waals surface area (Å²) < 4.78 is 4.87. The Morgan fingerprint density at radius 3 is 2.36 bits per heavy atom. The number of benzene rings is 1. The van der Waals surface area contributed by atoms with E-state index in [0.29, 0.717) is 17.7 Å². The standard InChI is InChI=1S/C17H17Cl2N3O3/c1-2-25-17(24)14(20)7-10-3-5-11(6-4-10)16(23)22-15-12(18)8-21-9-13(15)19/h3-6,8-9,14H,2,7,20H2,1H3,(H,21,22,23)/t14-/m0/s1. The van der Waals surface area contributed by atoms with Gasteiger partial charge >= 0.3 is 5.97 Å². The lowest BCUT2D eigenvalue weighted by Gasteiger charge is -2.11. The van der Waals surface area contributed by atoms with Crippen LogP contribution < -0.4 is 11.1 Å². The number of carbonyl (C=O) groups excluding carboxylic acids is 2. The summed E-state index contributed by atoms with van der Waals surface area (Å²) in [6, 6.07) is 5.97. The number of nitrogens with two attached hydrogens (primary N) is 1. The number of rotatable bonds is 6. The Balaban J connectivity index is 2.04. The summed E-state index contributed by atoms with van der Waals surface area (Å²) >= 11 is 12.0. The van der Waals surface area contributed by atoms with Crippen LogP contribution in [0.5, 0.6) is 0 Å². The minimum atomic E-state index is -0.742. The van der Waals surface area contributed by atoms with E-state index in [4.69, 9.17) is 33.7 Å². The van der Waals surface area contributed by atoms with Gasteiger partial charge in [0.2, 0.25) is 0 Å². The van der Waals surface area contributed by atoms with E-state index >= 15 is 0 Å². The highest BCUT2D eigenvalue weighted by atomic mass is 35.5. The van der Waals surface area contributed by atoms with Crippen LogP contribution in [0.2, 0.25) is 10.0 Å². The van der Waals surface area contributed by atoms with Crippen molar-refractivity contribution in [2.24, 2.45) is 5.73 Å². The molecule has 1 aromatic heterocycles. The van der Waals surface area contributed by atoms with E-state index in [2.05, 4.69) is 10.3 Å². The van der Waals surface area contributed by atoms with Crippen LogP contribution in [0.15, 0.2) is 36.7 Å². The number of halogens is 2. The molecule has 1 heterocycles. The van der Waals surface area contributed by atoms with Gasteiger partial charge in [-0.05, 0) is 31.0 Å². The quantitative estimate of drug-likeness (QED) is 0.749. The summed E-state index contributed by atoms with van der Waals surface area (Å²) in [4.78, 5) is 27.7. The molecule has 3 N–H and O–H groups in total. The molecule has 8 heteroatoms. The molecule has 0 bridgehead atoms. The van der Waals surface area contributed by atoms with Crippen molar-refractivity contribution in [1.82, 2.24) is 4.98 Å². The highest BCUT2D eigenvalue weighted by Gasteiger charge is 2.16. The molecule has 2 aromatic rings. The summed E-state index contributed by atoms with van der Waals surface area (Å²) in [6.07, 6.45) is 3.11. The van der Waals surface area contributed by atoms with Gasteiger partial charge in [-0.2, -0.15) is 0 Å². The number of nitrogens with zero attached hydrogens (tertiary/aromatic N) is 1. The molecule has 6 nitrogen and oxygen atoms in total. The van der Waals surface area contributed by atoms with Crippen LogP contribution in [0.4, 0.5) is 5.69 Å². The molecule has 0 saturated carbocycles. The number of pyridine rings is 1. The van der Waals surface area contributed by atoms with E-state index in [1.54, 1.807) is 31.2 Å². The van der Waals surface area contributed by atoms with Gasteiger partial charge in [-0.1, -0.05) is 35.3 Å². The van der Waals surface area contributed by atoms with Gasteiger partial charge < -0.3 is 15.8 Å². The van der Waals surface area contributed by atoms with Crippen LogP contribution in [0.3, 0.4) is 0 Å². The Kier molecular flexibility index (Phi) is 6.75. The molecule has 1 atom stereocenters. The molecule has 0 spiro atoms. The number of hydrogen-bond donors (Lipinski definition) is 2. The van der Waals surface area contributed by atoms with Gasteiger partial charge in [0.05, 0.1) is 22.3 Å². The van der Waals surface area contributed by atoms with E-state index in [-0.39, 0.29) is 22.6 Å². The number of ether oxygens (including phenoxy) is 1. The van der Waals surface area contributed by atoms with Gasteiger partial charge in [0.1, 0.15) is 6.04 Å². The summed E-state index contributed by atoms with van der Waals surface area (Å²) in [5.74, 6) is -0.817. The van der Waals surface area contributed by atoms with Crippen LogP contribution in [-0.2, 0) is 16.0 Å². The van der Waals surface area contributed by atoms with E-state index in [1.165, 1.54) is 12.4 Å². The summed E-state index contributed by atoms with van der Waals surface area (Å²) in [6.45, 7) is 2.01. The van der Waals surface area contributed by atoms with Crippen molar-refractivity contribution in [3.05, 3.63) is 57.8 Å². The Labute approximate surface area is 155 Å². The third-order valence-corrected chi connectivity index (χ3v) is 3.93. The lowest BCUT2D eigenvalue weighted by atomic mass is 10.0. The normalized spacial score (nSPS) is 11.7. The van der Waals surface area contributed by atoms with Gasteiger partial charge in [-0.3, -0.25) is 14.6 Å². The van der Waals surface area contributed by atoms with E-state index in [9.17, 15) is 9.59 Å². The number of hydrogen-bond acceptors (Lipinski definition) is 5. The third kappa shape index (κ3) is 5.16. The monoisotopic (exact) mass is 381 g/mol. The molecule has 0 aliphatic carbocycles. The Hall–Kier alpha value is -2.15. The number of aromatic nitrogens is 1. The summed E-state index contributed by atoms with van der Waals surface area (Å²) in [7, 11) is 0. The number of amides is 1. The van der Waals surface area contributed by atoms with Gasteiger partial charge in [0.15, 0.2) is 0 Å². The van der Waals surface area contributed by atoms with E-state index in [0.717, 1.165) is 5.56 Å². The van der Waals surface area contributed by atoms with Crippen molar-refractivity contribution in [2.75, 3.05) is 11.9 Å². The Bertz CT molecular complexity index is 746. The molecule has 0 aliphatic heterocycles. The van der Waals surface area contributed by atoms with Gasteiger partial charge in [0, 0.05) is 18.0 Å². The first-order chi connectivity index (χ1) is 11.9. The Morgan fingerprint density at radius 2 is 1.80 bits per heavy atom. The predicted molar refractivity (Wildman–Crippen MR) is 97.0 cm³/mol. The van der Waals surface area contributed by atoms with Crippen molar-refractivity contribution in [1.29, 1.82) is 0 Å². The first-order valence-electron chi connectivity index (χ1n) is 7.54. The van der Waals surface area contributed by atoms with Crippen molar-refractivity contribution < 1.29 is 14.3 Å². The lowest BCUT2D eigenvalue weighted by molar-refractivity contribution is -0.144. The fraction of sp³-hybridized carbons (Fsp3) is 0.235. The predicted octanol–water partition coefficient (Wildman–Crippen LogP) is 3.07. The number of carbonyl (C=O) groups is 2. The van der Waals surface area contributed by atoms with Gasteiger partial charge in [-0.25, -0.2) is 0 Å². The minimum absolute atomic E-state index is 0.248. The molecular formula is C17H17Cl2N3O3. The van der Waals surface area contributed by atoms with Crippen molar-refractivity contribution in [2.45, 2.75) is 19.4 Å². The molecule has 25 heavy (non-hydrogen) atoms. The first-order valence-corrected chi connectivity index (χ1v) is 8.29. The van der Waals surface area contributed by atoms with Crippen LogP contribution in [0.25, 0.3) is 0 Å². The molecule has 0 saturated heterocycles. The van der Waals surface area contributed by atoms with Crippen LogP contribution in [0.1, 0.15) is 22.8 Å². The van der Waals surface area contributed by atoms with E-state index < -0.39 is 12.0 Å². The Morgan fingerprint density at radius 1 is 1.20 bits per heavy atom. The van der Waals surface area contributed by atoms with E-state index in [1.807, 2.05) is 0 Å². The highest BCUT2D eigenvalue weighted by Crippen LogP contribution is 2.29. The van der Waals surface area contributed by atoms with Crippen LogP contribution in [0, 0.1) is 0 Å². The number of esters is 1.